The van der Waals surface area contributed by atoms with E-state index in [-0.39, 0.29) is 0 Å². The molecular weight excluding hydrogens is 208 g/mol. The maximum absolute atomic E-state index is 4.33. The molecule has 0 spiro atoms. The van der Waals surface area contributed by atoms with Crippen molar-refractivity contribution < 1.29 is 0 Å². The molecular formula is C15H20N2. The van der Waals surface area contributed by atoms with Crippen molar-refractivity contribution >= 4 is 10.9 Å². The summed E-state index contributed by atoms with van der Waals surface area (Å²) in [5.74, 6) is 0. The highest BCUT2D eigenvalue weighted by Crippen LogP contribution is 2.14. The second-order valence-corrected chi connectivity index (χ2v) is 4.74. The largest absolute Gasteiger partial charge is 0.315 e. The zero-order valence-corrected chi connectivity index (χ0v) is 10.6. The molecule has 0 saturated carbocycles. The Morgan fingerprint density at radius 1 is 1.24 bits per heavy atom. The molecule has 17 heavy (non-hydrogen) atoms. The summed E-state index contributed by atoms with van der Waals surface area (Å²) < 4.78 is 0. The normalized spacial score (nSPS) is 11.2. The number of nitrogens with one attached hydrogen (secondary N) is 1. The van der Waals surface area contributed by atoms with Gasteiger partial charge in [0.1, 0.15) is 0 Å². The SMILES string of the molecule is CC(C)NCCCc1ccc2ncccc2c1. The van der Waals surface area contributed by atoms with Gasteiger partial charge < -0.3 is 5.32 Å². The van der Waals surface area contributed by atoms with Gasteiger partial charge >= 0.3 is 0 Å². The summed E-state index contributed by atoms with van der Waals surface area (Å²) in [6, 6.07) is 11.2. The van der Waals surface area contributed by atoms with Crippen LogP contribution < -0.4 is 5.32 Å². The monoisotopic (exact) mass is 228 g/mol. The Bertz CT molecular complexity index is 477. The van der Waals surface area contributed by atoms with Gasteiger partial charge in [0.2, 0.25) is 0 Å². The summed E-state index contributed by atoms with van der Waals surface area (Å²) in [5.41, 5.74) is 2.48. The summed E-state index contributed by atoms with van der Waals surface area (Å²) in [6.07, 6.45) is 4.16. The first kappa shape index (κ1) is 12.1. The van der Waals surface area contributed by atoms with E-state index in [4.69, 9.17) is 0 Å². The molecule has 2 aromatic rings. The number of aromatic nitrogens is 1. The number of aryl methyl sites for hydroxylation is 1. The first-order valence-electron chi connectivity index (χ1n) is 6.33. The average molecular weight is 228 g/mol. The van der Waals surface area contributed by atoms with Crippen molar-refractivity contribution in [3.8, 4) is 0 Å². The van der Waals surface area contributed by atoms with E-state index in [0.29, 0.717) is 6.04 Å². The predicted molar refractivity (Wildman–Crippen MR) is 73.2 cm³/mol. The summed E-state index contributed by atoms with van der Waals surface area (Å²) in [4.78, 5) is 4.33. The zero-order chi connectivity index (χ0) is 12.1. The lowest BCUT2D eigenvalue weighted by atomic mass is 10.1. The fourth-order valence-electron chi connectivity index (χ4n) is 1.96. The third kappa shape index (κ3) is 3.53. The van der Waals surface area contributed by atoms with Gasteiger partial charge in [0.15, 0.2) is 0 Å². The Kier molecular flexibility index (Phi) is 4.10. The molecule has 1 aromatic heterocycles. The molecule has 0 amide bonds. The summed E-state index contributed by atoms with van der Waals surface area (Å²) in [7, 11) is 0. The molecule has 0 aliphatic heterocycles. The van der Waals surface area contributed by atoms with Crippen LogP contribution in [-0.2, 0) is 6.42 Å². The Morgan fingerprint density at radius 2 is 2.12 bits per heavy atom. The minimum atomic E-state index is 0.579. The van der Waals surface area contributed by atoms with Crippen LogP contribution in [-0.4, -0.2) is 17.6 Å². The van der Waals surface area contributed by atoms with Crippen LogP contribution in [0.2, 0.25) is 0 Å². The zero-order valence-electron chi connectivity index (χ0n) is 10.6. The number of benzene rings is 1. The fraction of sp³-hybridized carbons (Fsp3) is 0.400. The van der Waals surface area contributed by atoms with E-state index in [9.17, 15) is 0 Å². The second kappa shape index (κ2) is 5.78. The van der Waals surface area contributed by atoms with Crippen LogP contribution in [0.4, 0.5) is 0 Å². The maximum Gasteiger partial charge on any atom is 0.0702 e. The standard InChI is InChI=1S/C15H20N2/c1-12(2)16-9-3-5-13-7-8-15-14(11-13)6-4-10-17-15/h4,6-8,10-12,16H,3,5,9H2,1-2H3. The lowest BCUT2D eigenvalue weighted by Gasteiger charge is -2.08. The van der Waals surface area contributed by atoms with Gasteiger partial charge in [-0.3, -0.25) is 4.98 Å². The van der Waals surface area contributed by atoms with Crippen molar-refractivity contribution in [3.63, 3.8) is 0 Å². The highest BCUT2D eigenvalue weighted by atomic mass is 14.9. The van der Waals surface area contributed by atoms with Crippen molar-refractivity contribution in [2.45, 2.75) is 32.7 Å². The molecule has 0 saturated heterocycles. The lowest BCUT2D eigenvalue weighted by molar-refractivity contribution is 0.570. The smallest absolute Gasteiger partial charge is 0.0702 e. The highest BCUT2D eigenvalue weighted by Gasteiger charge is 1.98. The van der Waals surface area contributed by atoms with Gasteiger partial charge in [0, 0.05) is 17.6 Å². The molecule has 0 fully saturated rings. The molecule has 2 nitrogen and oxygen atoms in total. The van der Waals surface area contributed by atoms with Crippen LogP contribution in [0, 0.1) is 0 Å². The molecule has 2 rings (SSSR count). The summed E-state index contributed by atoms with van der Waals surface area (Å²) in [6.45, 7) is 5.45. The first-order valence-corrected chi connectivity index (χ1v) is 6.33. The fourth-order valence-corrected chi connectivity index (χ4v) is 1.96. The van der Waals surface area contributed by atoms with Gasteiger partial charge in [-0.1, -0.05) is 26.0 Å². The van der Waals surface area contributed by atoms with Crippen molar-refractivity contribution in [2.24, 2.45) is 0 Å². The molecule has 1 N–H and O–H groups in total. The second-order valence-electron chi connectivity index (χ2n) is 4.74. The van der Waals surface area contributed by atoms with Gasteiger partial charge in [-0.25, -0.2) is 0 Å². The van der Waals surface area contributed by atoms with Crippen LogP contribution >= 0.6 is 0 Å². The van der Waals surface area contributed by atoms with E-state index in [1.807, 2.05) is 12.3 Å². The molecule has 0 aliphatic carbocycles. The average Bonchev–Trinajstić information content (AvgIpc) is 2.34. The van der Waals surface area contributed by atoms with Gasteiger partial charge in [0.05, 0.1) is 5.52 Å². The molecule has 0 unspecified atom stereocenters. The Labute approximate surface area is 103 Å². The number of nitrogens with zero attached hydrogens (tertiary/aromatic N) is 1. The van der Waals surface area contributed by atoms with Crippen molar-refractivity contribution in [3.05, 3.63) is 42.1 Å². The quantitative estimate of drug-likeness (QED) is 0.795. The van der Waals surface area contributed by atoms with Gasteiger partial charge in [-0.15, -0.1) is 0 Å². The van der Waals surface area contributed by atoms with Crippen LogP contribution in [0.1, 0.15) is 25.8 Å². The van der Waals surface area contributed by atoms with Gasteiger partial charge in [-0.05, 0) is 43.1 Å². The van der Waals surface area contributed by atoms with Gasteiger partial charge in [0.25, 0.3) is 0 Å². The minimum Gasteiger partial charge on any atom is -0.315 e. The topological polar surface area (TPSA) is 24.9 Å². The summed E-state index contributed by atoms with van der Waals surface area (Å²) >= 11 is 0. The Hall–Kier alpha value is -1.41. The maximum atomic E-state index is 4.33. The number of hydrogen-bond donors (Lipinski definition) is 1. The van der Waals surface area contributed by atoms with Crippen LogP contribution in [0.15, 0.2) is 36.5 Å². The van der Waals surface area contributed by atoms with Crippen LogP contribution in [0.5, 0.6) is 0 Å². The molecule has 0 atom stereocenters. The molecule has 0 bridgehead atoms. The summed E-state index contributed by atoms with van der Waals surface area (Å²) in [5, 5.41) is 4.68. The van der Waals surface area contributed by atoms with E-state index in [1.165, 1.54) is 17.4 Å². The van der Waals surface area contributed by atoms with E-state index >= 15 is 0 Å². The van der Waals surface area contributed by atoms with Crippen molar-refractivity contribution in [2.75, 3.05) is 6.54 Å². The van der Waals surface area contributed by atoms with Crippen molar-refractivity contribution in [1.82, 2.24) is 10.3 Å². The predicted octanol–water partition coefficient (Wildman–Crippen LogP) is 3.17. The minimum absolute atomic E-state index is 0.579. The number of fused-ring (bicyclic) bond motifs is 1. The van der Waals surface area contributed by atoms with E-state index in [1.54, 1.807) is 0 Å². The molecule has 2 heteroatoms. The number of pyridine rings is 1. The lowest BCUT2D eigenvalue weighted by Crippen LogP contribution is -2.23. The third-order valence-corrected chi connectivity index (χ3v) is 2.86. The Morgan fingerprint density at radius 3 is 2.94 bits per heavy atom. The van der Waals surface area contributed by atoms with Crippen molar-refractivity contribution in [1.29, 1.82) is 0 Å². The molecule has 0 radical (unpaired) electrons. The molecule has 90 valence electrons. The third-order valence-electron chi connectivity index (χ3n) is 2.86. The van der Waals surface area contributed by atoms with Crippen LogP contribution in [0.25, 0.3) is 10.9 Å². The number of rotatable bonds is 5. The Balaban J connectivity index is 1.95. The first-order chi connectivity index (χ1) is 8.25. The molecule has 1 heterocycles. The van der Waals surface area contributed by atoms with E-state index in [2.05, 4.69) is 48.4 Å². The van der Waals surface area contributed by atoms with E-state index < -0.39 is 0 Å². The van der Waals surface area contributed by atoms with Gasteiger partial charge in [-0.2, -0.15) is 0 Å². The highest BCUT2D eigenvalue weighted by molar-refractivity contribution is 5.78. The van der Waals surface area contributed by atoms with Crippen LogP contribution in [0.3, 0.4) is 0 Å². The number of hydrogen-bond acceptors (Lipinski definition) is 2. The molecule has 0 aliphatic rings. The van der Waals surface area contributed by atoms with E-state index in [0.717, 1.165) is 18.5 Å². The molecule has 1 aromatic carbocycles.